The molecule has 25 unspecified atom stereocenters. The van der Waals surface area contributed by atoms with Gasteiger partial charge in [0, 0.05) is 38.5 Å². The Morgan fingerprint density at radius 1 is 0.617 bits per heavy atom. The van der Waals surface area contributed by atoms with Gasteiger partial charge in [0.25, 0.3) is 0 Å². The van der Waals surface area contributed by atoms with E-state index in [0.29, 0.717) is 31.6 Å². The standard InChI is InChI=1S/C68H114O25S/c1-6-21-43(4)32-49-37-51(75)53(87-49)26-19-18-24-41(2)22-16-14-12-10-8-7-9-11-13-15-17-23-42(3)28-31-55-54(89-55)27-20-25-48(88-68-65(82)63(80)61(78)59(92-68)40-86-67-64(81)62(79)60(77)58(39-69)91-67)36-47(73)35-46(72)34-45(71)29-30-50(74)56-38-52(76)66(93-94(83,84)85)57(90-56)33-44(5)70/h6,8,10,16,18-19,22,42,44-45,47-71,73-82H,1-2,4,7,9,11-15,17,20-21,23-40H2,3,5H3,(H,83,84,85). The molecule has 94 heavy (non-hydrogen) atoms. The average Bonchev–Trinajstić information content (AvgIpc) is 1.25. The van der Waals surface area contributed by atoms with Crippen molar-refractivity contribution in [3.05, 3.63) is 73.4 Å². The Labute approximate surface area is 555 Å². The quantitative estimate of drug-likeness (QED) is 0.0135. The number of aliphatic hydroxyl groups excluding tert-OH is 13. The highest BCUT2D eigenvalue weighted by Crippen LogP contribution is 2.36. The fraction of sp³-hybridized carbons (Fsp3) is 0.809. The van der Waals surface area contributed by atoms with Gasteiger partial charge in [-0.3, -0.25) is 9.35 Å². The Morgan fingerprint density at radius 3 is 1.99 bits per heavy atom. The van der Waals surface area contributed by atoms with E-state index in [2.05, 4.69) is 67.3 Å². The lowest BCUT2D eigenvalue weighted by Gasteiger charge is -2.43. The van der Waals surface area contributed by atoms with Gasteiger partial charge >= 0.3 is 10.4 Å². The summed E-state index contributed by atoms with van der Waals surface area (Å²) >= 11 is 0. The van der Waals surface area contributed by atoms with Crippen LogP contribution >= 0.6 is 0 Å². The molecule has 5 fully saturated rings. The van der Waals surface area contributed by atoms with Crippen molar-refractivity contribution < 1.29 is 121 Å². The summed E-state index contributed by atoms with van der Waals surface area (Å²) in [5.41, 5.74) is 2.11. The smallest absolute Gasteiger partial charge is 0.394 e. The second-order valence-corrected chi connectivity index (χ2v) is 27.8. The van der Waals surface area contributed by atoms with Gasteiger partial charge in [-0.05, 0) is 109 Å². The van der Waals surface area contributed by atoms with Crippen LogP contribution in [0.4, 0.5) is 0 Å². The van der Waals surface area contributed by atoms with E-state index in [-0.39, 0.29) is 62.9 Å². The zero-order valence-corrected chi connectivity index (χ0v) is 55.9. The lowest BCUT2D eigenvalue weighted by atomic mass is 9.90. The van der Waals surface area contributed by atoms with E-state index in [1.165, 1.54) is 26.2 Å². The minimum absolute atomic E-state index is 0.00855. The Hall–Kier alpha value is -2.82. The predicted molar refractivity (Wildman–Crippen MR) is 346 cm³/mol. The fourth-order valence-corrected chi connectivity index (χ4v) is 13.3. The first-order valence-electron chi connectivity index (χ1n) is 34.1. The third kappa shape index (κ3) is 29.6. The molecule has 0 aromatic heterocycles. The first kappa shape index (κ1) is 81.9. The van der Waals surface area contributed by atoms with Gasteiger partial charge in [-0.1, -0.05) is 106 Å². The summed E-state index contributed by atoms with van der Waals surface area (Å²) in [5.74, 6) is -0.0190. The van der Waals surface area contributed by atoms with Crippen molar-refractivity contribution in [1.82, 2.24) is 0 Å². The molecule has 25 atom stereocenters. The first-order valence-corrected chi connectivity index (χ1v) is 35.4. The third-order valence-electron chi connectivity index (χ3n) is 18.2. The zero-order chi connectivity index (χ0) is 69.1. The van der Waals surface area contributed by atoms with E-state index in [4.69, 9.17) is 33.2 Å². The molecular weight excluding hydrogens is 1250 g/mol. The summed E-state index contributed by atoms with van der Waals surface area (Å²) < 4.78 is 77.6. The summed E-state index contributed by atoms with van der Waals surface area (Å²) in [4.78, 5) is 13.3. The van der Waals surface area contributed by atoms with Crippen molar-refractivity contribution in [2.75, 3.05) is 13.2 Å². The largest absolute Gasteiger partial charge is 0.397 e. The van der Waals surface area contributed by atoms with Crippen LogP contribution in [-0.2, 0) is 52.5 Å². The van der Waals surface area contributed by atoms with Crippen molar-refractivity contribution in [2.24, 2.45) is 5.92 Å². The predicted octanol–water partition coefficient (Wildman–Crippen LogP) is 3.99. The fourth-order valence-electron chi connectivity index (χ4n) is 12.7. The second-order valence-electron chi connectivity index (χ2n) is 26.8. The van der Waals surface area contributed by atoms with Crippen LogP contribution in [0.1, 0.15) is 181 Å². The van der Waals surface area contributed by atoms with Gasteiger partial charge in [0.1, 0.15) is 60.7 Å². The molecule has 0 amide bonds. The van der Waals surface area contributed by atoms with Crippen LogP contribution in [0, 0.1) is 5.92 Å². The van der Waals surface area contributed by atoms with Crippen molar-refractivity contribution in [3.63, 3.8) is 0 Å². The maximum absolute atomic E-state index is 13.3. The number of unbranched alkanes of at least 4 members (excludes halogenated alkanes) is 6. The minimum Gasteiger partial charge on any atom is -0.394 e. The number of Topliss-reactive ketones (excluding diaryl/α,β-unsaturated/α-hetero) is 1. The van der Waals surface area contributed by atoms with Gasteiger partial charge in [0.05, 0.1) is 92.6 Å². The molecule has 0 aliphatic carbocycles. The van der Waals surface area contributed by atoms with Crippen LogP contribution in [0.3, 0.4) is 0 Å². The van der Waals surface area contributed by atoms with Gasteiger partial charge in [-0.2, -0.15) is 8.42 Å². The second kappa shape index (κ2) is 42.3. The highest BCUT2D eigenvalue weighted by atomic mass is 32.3. The number of ketones is 1. The Bertz CT molecular complexity index is 2410. The lowest BCUT2D eigenvalue weighted by molar-refractivity contribution is -0.336. The van der Waals surface area contributed by atoms with Gasteiger partial charge in [-0.25, -0.2) is 4.18 Å². The van der Waals surface area contributed by atoms with Gasteiger partial charge in [0.15, 0.2) is 12.6 Å². The molecule has 5 aliphatic rings. The highest BCUT2D eigenvalue weighted by Gasteiger charge is 2.49. The van der Waals surface area contributed by atoms with Crippen LogP contribution in [0.25, 0.3) is 0 Å². The number of epoxide rings is 1. The molecule has 26 heteroatoms. The summed E-state index contributed by atoms with van der Waals surface area (Å²) in [6.45, 7) is 14.3. The molecule has 25 nitrogen and oxygen atoms in total. The molecule has 0 saturated carbocycles. The number of hydrogen-bond donors (Lipinski definition) is 14. The monoisotopic (exact) mass is 1360 g/mol. The van der Waals surface area contributed by atoms with Crippen molar-refractivity contribution in [1.29, 1.82) is 0 Å². The lowest BCUT2D eigenvalue weighted by Crippen LogP contribution is -2.62. The van der Waals surface area contributed by atoms with Crippen molar-refractivity contribution in [3.8, 4) is 0 Å². The summed E-state index contributed by atoms with van der Waals surface area (Å²) in [6.07, 6.45) is 1.37. The van der Waals surface area contributed by atoms with Gasteiger partial charge in [-0.15, -0.1) is 6.58 Å². The van der Waals surface area contributed by atoms with Crippen LogP contribution in [0.2, 0.25) is 0 Å². The summed E-state index contributed by atoms with van der Waals surface area (Å²) in [5, 5.41) is 138. The normalized spacial score (nSPS) is 33.6. The number of aliphatic hydroxyl groups is 13. The summed E-state index contributed by atoms with van der Waals surface area (Å²) in [7, 11) is -5.01. The van der Waals surface area contributed by atoms with E-state index in [1.807, 2.05) is 6.08 Å². The number of hydrogen-bond acceptors (Lipinski definition) is 24. The molecule has 5 heterocycles. The van der Waals surface area contributed by atoms with Crippen LogP contribution in [0.15, 0.2) is 73.4 Å². The van der Waals surface area contributed by atoms with Crippen molar-refractivity contribution in [2.45, 2.75) is 328 Å². The third-order valence-corrected chi connectivity index (χ3v) is 18.7. The molecule has 542 valence electrons. The molecule has 0 bridgehead atoms. The first-order chi connectivity index (χ1) is 44.7. The Morgan fingerprint density at radius 2 is 1.28 bits per heavy atom. The SMILES string of the molecule is C=CCC(=C)CC1CC(O)C(CC=CCC(=C)C=CCCC=CCCCCCCCC(C)CCC2OC2CCCC(CC(O)CC(=O)CC(O)CCC(O)C2CC(O)C(OS(=O)(=O)O)C(CC(C)O)O2)OC2OC(COC3OC(CO)C(O)C(O)C3O)C(O)C(O)C2O)O1. The molecule has 5 rings (SSSR count). The number of ether oxygens (including phenoxy) is 7. The molecule has 0 aromatic carbocycles. The van der Waals surface area contributed by atoms with Crippen LogP contribution < -0.4 is 0 Å². The topological polar surface area (TPSA) is 412 Å². The van der Waals surface area contributed by atoms with E-state index in [0.717, 1.165) is 81.8 Å². The molecule has 5 saturated heterocycles. The molecule has 0 spiro atoms. The number of carbonyl (C=O) groups is 1. The number of carbonyl (C=O) groups excluding carboxylic acids is 1. The average molecular weight is 1360 g/mol. The van der Waals surface area contributed by atoms with Crippen LogP contribution in [-0.4, -0.2) is 245 Å². The number of rotatable bonds is 47. The molecule has 0 radical (unpaired) electrons. The van der Waals surface area contributed by atoms with E-state index < -0.39 is 165 Å². The highest BCUT2D eigenvalue weighted by molar-refractivity contribution is 7.80. The Kier molecular flexibility index (Phi) is 36.9. The van der Waals surface area contributed by atoms with Crippen molar-refractivity contribution >= 4 is 16.2 Å². The molecule has 5 aliphatic heterocycles. The molecule has 14 N–H and O–H groups in total. The van der Waals surface area contributed by atoms with E-state index in [9.17, 15) is 84.1 Å². The van der Waals surface area contributed by atoms with E-state index >= 15 is 0 Å². The van der Waals surface area contributed by atoms with Gasteiger partial charge < -0.3 is 99.5 Å². The van der Waals surface area contributed by atoms with Gasteiger partial charge in [0.2, 0.25) is 0 Å². The minimum atomic E-state index is -5.01. The molecule has 0 aromatic rings. The number of allylic oxidation sites excluding steroid dienone is 7. The maximum atomic E-state index is 13.3. The van der Waals surface area contributed by atoms with Crippen LogP contribution in [0.5, 0.6) is 0 Å². The summed E-state index contributed by atoms with van der Waals surface area (Å²) in [6, 6.07) is 0. The zero-order valence-electron chi connectivity index (χ0n) is 55.1. The van der Waals surface area contributed by atoms with E-state index in [1.54, 1.807) is 0 Å². The maximum Gasteiger partial charge on any atom is 0.397 e. The molecular formula is C68H114O25S. The Balaban J connectivity index is 0.997.